The van der Waals surface area contributed by atoms with Crippen molar-refractivity contribution in [3.05, 3.63) is 24.0 Å². The zero-order valence-electron chi connectivity index (χ0n) is 11.6. The Morgan fingerprint density at radius 3 is 2.95 bits per heavy atom. The Bertz CT molecular complexity index is 408. The molecule has 1 aliphatic carbocycles. The van der Waals surface area contributed by atoms with Crippen LogP contribution in [0.5, 0.6) is 0 Å². The average molecular weight is 264 g/mol. The summed E-state index contributed by atoms with van der Waals surface area (Å²) < 4.78 is 2.13. The molecule has 1 saturated carbocycles. The molecule has 1 amide bonds. The molecule has 2 N–H and O–H groups in total. The van der Waals surface area contributed by atoms with Crippen molar-refractivity contribution in [1.82, 2.24) is 9.88 Å². The van der Waals surface area contributed by atoms with E-state index in [1.807, 2.05) is 25.3 Å². The van der Waals surface area contributed by atoms with Crippen LogP contribution in [0.3, 0.4) is 0 Å². The molecule has 1 aliphatic rings. The molecular weight excluding hydrogens is 240 g/mol. The molecule has 4 heteroatoms. The molecule has 0 spiro atoms. The van der Waals surface area contributed by atoms with E-state index in [4.69, 9.17) is 5.11 Å². The lowest BCUT2D eigenvalue weighted by Gasteiger charge is -2.18. The molecule has 1 aromatic heterocycles. The standard InChI is InChI=1S/C15H24N2O2/c1-12(6-5-11-18)16-15(19)14-9-4-10-17(14)13-7-2-3-8-13/h4,9-10,12-13,18H,2-3,5-8,11H2,1H3,(H,16,19). The van der Waals surface area contributed by atoms with Gasteiger partial charge in [0.2, 0.25) is 0 Å². The van der Waals surface area contributed by atoms with E-state index in [2.05, 4.69) is 9.88 Å². The largest absolute Gasteiger partial charge is 0.396 e. The molecule has 0 radical (unpaired) electrons. The van der Waals surface area contributed by atoms with Crippen LogP contribution >= 0.6 is 0 Å². The highest BCUT2D eigenvalue weighted by molar-refractivity contribution is 5.93. The van der Waals surface area contributed by atoms with E-state index in [1.54, 1.807) is 0 Å². The van der Waals surface area contributed by atoms with Gasteiger partial charge in [-0.15, -0.1) is 0 Å². The fourth-order valence-electron chi connectivity index (χ4n) is 2.85. The molecule has 106 valence electrons. The van der Waals surface area contributed by atoms with Crippen LogP contribution in [0, 0.1) is 0 Å². The highest BCUT2D eigenvalue weighted by Gasteiger charge is 2.21. The van der Waals surface area contributed by atoms with E-state index in [-0.39, 0.29) is 18.6 Å². The summed E-state index contributed by atoms with van der Waals surface area (Å²) in [6.45, 7) is 2.16. The number of carbonyl (C=O) groups is 1. The van der Waals surface area contributed by atoms with Crippen molar-refractivity contribution < 1.29 is 9.90 Å². The quantitative estimate of drug-likeness (QED) is 0.829. The average Bonchev–Trinajstić information content (AvgIpc) is 3.05. The van der Waals surface area contributed by atoms with Crippen LogP contribution in [0.15, 0.2) is 18.3 Å². The van der Waals surface area contributed by atoms with E-state index in [9.17, 15) is 4.79 Å². The molecular formula is C15H24N2O2. The Hall–Kier alpha value is -1.29. The van der Waals surface area contributed by atoms with Crippen molar-refractivity contribution >= 4 is 5.91 Å². The summed E-state index contributed by atoms with van der Waals surface area (Å²) in [5, 5.41) is 11.8. The van der Waals surface area contributed by atoms with Gasteiger partial charge in [-0.05, 0) is 44.7 Å². The Morgan fingerprint density at radius 1 is 1.53 bits per heavy atom. The monoisotopic (exact) mass is 264 g/mol. The first-order valence-electron chi connectivity index (χ1n) is 7.31. The van der Waals surface area contributed by atoms with Gasteiger partial charge in [-0.1, -0.05) is 12.8 Å². The fourth-order valence-corrected chi connectivity index (χ4v) is 2.85. The number of carbonyl (C=O) groups excluding carboxylic acids is 1. The summed E-state index contributed by atoms with van der Waals surface area (Å²) in [5.41, 5.74) is 0.766. The molecule has 0 aliphatic heterocycles. The van der Waals surface area contributed by atoms with Gasteiger partial charge in [0.15, 0.2) is 0 Å². The summed E-state index contributed by atoms with van der Waals surface area (Å²) in [5.74, 6) is 0.00217. The number of rotatable bonds is 6. The lowest BCUT2D eigenvalue weighted by atomic mass is 10.2. The molecule has 1 atom stereocenters. The van der Waals surface area contributed by atoms with Gasteiger partial charge in [-0.2, -0.15) is 0 Å². The first-order chi connectivity index (χ1) is 9.22. The molecule has 1 fully saturated rings. The van der Waals surface area contributed by atoms with E-state index >= 15 is 0 Å². The summed E-state index contributed by atoms with van der Waals surface area (Å²) in [6, 6.07) is 4.44. The van der Waals surface area contributed by atoms with E-state index in [0.717, 1.165) is 18.5 Å². The van der Waals surface area contributed by atoms with Crippen molar-refractivity contribution in [2.24, 2.45) is 0 Å². The Balaban J connectivity index is 1.97. The third-order valence-corrected chi connectivity index (χ3v) is 3.90. The molecule has 4 nitrogen and oxygen atoms in total. The van der Waals surface area contributed by atoms with Crippen LogP contribution in [0.4, 0.5) is 0 Å². The number of hydrogen-bond acceptors (Lipinski definition) is 2. The Labute approximate surface area is 114 Å². The molecule has 0 saturated heterocycles. The van der Waals surface area contributed by atoms with Crippen LogP contribution in [-0.4, -0.2) is 28.2 Å². The predicted molar refractivity (Wildman–Crippen MR) is 75.2 cm³/mol. The number of aliphatic hydroxyl groups excluding tert-OH is 1. The Morgan fingerprint density at radius 2 is 2.26 bits per heavy atom. The molecule has 0 bridgehead atoms. The SMILES string of the molecule is CC(CCCO)NC(=O)c1cccn1C1CCCC1. The molecule has 1 unspecified atom stereocenters. The zero-order valence-corrected chi connectivity index (χ0v) is 11.6. The van der Waals surface area contributed by atoms with Crippen LogP contribution in [-0.2, 0) is 0 Å². The summed E-state index contributed by atoms with van der Waals surface area (Å²) in [7, 11) is 0. The molecule has 19 heavy (non-hydrogen) atoms. The van der Waals surface area contributed by atoms with Gasteiger partial charge in [-0.3, -0.25) is 4.79 Å². The highest BCUT2D eigenvalue weighted by Crippen LogP contribution is 2.30. The minimum atomic E-state index is 0.00217. The van der Waals surface area contributed by atoms with Gasteiger partial charge < -0.3 is 15.0 Å². The van der Waals surface area contributed by atoms with Crippen molar-refractivity contribution in [3.8, 4) is 0 Å². The second-order valence-corrected chi connectivity index (χ2v) is 5.48. The van der Waals surface area contributed by atoms with Gasteiger partial charge in [0, 0.05) is 24.9 Å². The maximum absolute atomic E-state index is 12.3. The smallest absolute Gasteiger partial charge is 0.268 e. The predicted octanol–water partition coefficient (Wildman–Crippen LogP) is 2.49. The summed E-state index contributed by atoms with van der Waals surface area (Å²) in [6.07, 6.45) is 8.43. The fraction of sp³-hybridized carbons (Fsp3) is 0.667. The topological polar surface area (TPSA) is 54.3 Å². The van der Waals surface area contributed by atoms with Gasteiger partial charge >= 0.3 is 0 Å². The maximum atomic E-state index is 12.3. The minimum Gasteiger partial charge on any atom is -0.396 e. The van der Waals surface area contributed by atoms with Crippen LogP contribution in [0.2, 0.25) is 0 Å². The van der Waals surface area contributed by atoms with Crippen molar-refractivity contribution in [3.63, 3.8) is 0 Å². The summed E-state index contributed by atoms with van der Waals surface area (Å²) >= 11 is 0. The van der Waals surface area contributed by atoms with Crippen molar-refractivity contribution in [2.45, 2.75) is 57.5 Å². The van der Waals surface area contributed by atoms with E-state index < -0.39 is 0 Å². The molecule has 0 aromatic carbocycles. The van der Waals surface area contributed by atoms with Gasteiger partial charge in [0.1, 0.15) is 5.69 Å². The lowest BCUT2D eigenvalue weighted by molar-refractivity contribution is 0.0925. The maximum Gasteiger partial charge on any atom is 0.268 e. The zero-order chi connectivity index (χ0) is 13.7. The molecule has 1 aromatic rings. The number of nitrogens with zero attached hydrogens (tertiary/aromatic N) is 1. The Kier molecular flexibility index (Phi) is 5.02. The summed E-state index contributed by atoms with van der Waals surface area (Å²) in [4.78, 5) is 12.3. The van der Waals surface area contributed by atoms with Gasteiger partial charge in [0.25, 0.3) is 5.91 Å². The third kappa shape index (κ3) is 3.60. The molecule has 1 heterocycles. The van der Waals surface area contributed by atoms with E-state index in [1.165, 1.54) is 25.7 Å². The number of aromatic nitrogens is 1. The second-order valence-electron chi connectivity index (χ2n) is 5.48. The highest BCUT2D eigenvalue weighted by atomic mass is 16.3. The molecule has 2 rings (SSSR count). The number of aliphatic hydroxyl groups is 1. The van der Waals surface area contributed by atoms with Crippen molar-refractivity contribution in [1.29, 1.82) is 0 Å². The van der Waals surface area contributed by atoms with Crippen molar-refractivity contribution in [2.75, 3.05) is 6.61 Å². The van der Waals surface area contributed by atoms with Crippen LogP contribution < -0.4 is 5.32 Å². The number of hydrogen-bond donors (Lipinski definition) is 2. The number of amides is 1. The first kappa shape index (κ1) is 14.1. The second kappa shape index (κ2) is 6.75. The van der Waals surface area contributed by atoms with Gasteiger partial charge in [0.05, 0.1) is 0 Å². The van der Waals surface area contributed by atoms with E-state index in [0.29, 0.717) is 6.04 Å². The van der Waals surface area contributed by atoms with Crippen LogP contribution in [0.25, 0.3) is 0 Å². The van der Waals surface area contributed by atoms with Gasteiger partial charge in [-0.25, -0.2) is 0 Å². The first-order valence-corrected chi connectivity index (χ1v) is 7.31. The minimum absolute atomic E-state index is 0.00217. The van der Waals surface area contributed by atoms with Crippen LogP contribution in [0.1, 0.15) is 62.0 Å². The number of nitrogens with one attached hydrogen (secondary N) is 1. The normalized spacial score (nSPS) is 17.6. The third-order valence-electron chi connectivity index (χ3n) is 3.90. The lowest BCUT2D eigenvalue weighted by Crippen LogP contribution is -2.34.